The number of hydrogen-bond acceptors (Lipinski definition) is 6. The van der Waals surface area contributed by atoms with E-state index in [4.69, 9.17) is 18.7 Å². The van der Waals surface area contributed by atoms with Crippen LogP contribution in [-0.2, 0) is 13.8 Å². The van der Waals surface area contributed by atoms with Crippen LogP contribution in [0.3, 0.4) is 0 Å². The Bertz CT molecular complexity index is 495. The predicted octanol–water partition coefficient (Wildman–Crippen LogP) is 3.81. The Hall–Kier alpha value is -1.49. The van der Waals surface area contributed by atoms with E-state index < -0.39 is 13.6 Å². The van der Waals surface area contributed by atoms with Crippen molar-refractivity contribution in [2.24, 2.45) is 0 Å². The first-order valence-corrected chi connectivity index (χ1v) is 8.76. The summed E-state index contributed by atoms with van der Waals surface area (Å²) >= 11 is 0. The maximum Gasteiger partial charge on any atom is 0.593 e. The summed E-state index contributed by atoms with van der Waals surface area (Å²) in [6.07, 6.45) is 3.22. The highest BCUT2D eigenvalue weighted by atomic mass is 31.1. The lowest BCUT2D eigenvalue weighted by atomic mass is 10.2. The third-order valence-electron chi connectivity index (χ3n) is 3.14. The zero-order chi connectivity index (χ0) is 17.1. The summed E-state index contributed by atoms with van der Waals surface area (Å²) in [5.41, 5.74) is -0.525. The molecule has 1 aromatic rings. The molecule has 0 N–H and O–H groups in total. The van der Waals surface area contributed by atoms with Crippen molar-refractivity contribution in [1.29, 1.82) is 0 Å². The predicted molar refractivity (Wildman–Crippen MR) is 87.8 cm³/mol. The largest absolute Gasteiger partial charge is 0.593 e. The minimum atomic E-state index is -2.52. The molecule has 0 saturated heterocycles. The minimum absolute atomic E-state index is 0.102. The van der Waals surface area contributed by atoms with Crippen LogP contribution in [0.25, 0.3) is 0 Å². The van der Waals surface area contributed by atoms with Crippen LogP contribution in [0.5, 0.6) is 11.5 Å². The Kier molecular flexibility index (Phi) is 9.45. The molecule has 0 fully saturated rings. The Morgan fingerprint density at radius 2 is 1.70 bits per heavy atom. The van der Waals surface area contributed by atoms with Gasteiger partial charge in [-0.2, -0.15) is 0 Å². The van der Waals surface area contributed by atoms with E-state index in [1.165, 1.54) is 14.2 Å². The van der Waals surface area contributed by atoms with E-state index in [1.54, 1.807) is 18.2 Å². The average Bonchev–Trinajstić information content (AvgIpc) is 2.59. The van der Waals surface area contributed by atoms with E-state index in [9.17, 15) is 9.36 Å². The van der Waals surface area contributed by atoms with Gasteiger partial charge in [0.15, 0.2) is 5.56 Å². The molecule has 0 heterocycles. The average molecular weight is 343 g/mol. The number of hydrogen-bond donors (Lipinski definition) is 0. The Morgan fingerprint density at radius 1 is 1.04 bits per heavy atom. The van der Waals surface area contributed by atoms with Gasteiger partial charge < -0.3 is 14.2 Å². The summed E-state index contributed by atoms with van der Waals surface area (Å²) in [6, 6.07) is 4.90. The van der Waals surface area contributed by atoms with Gasteiger partial charge in [0, 0.05) is 6.61 Å². The smallest absolute Gasteiger partial charge is 0.496 e. The molecule has 1 atom stereocenters. The van der Waals surface area contributed by atoms with Crippen LogP contribution in [0.1, 0.15) is 36.5 Å². The summed E-state index contributed by atoms with van der Waals surface area (Å²) < 4.78 is 32.7. The van der Waals surface area contributed by atoms with Gasteiger partial charge in [0.05, 0.1) is 20.8 Å². The second-order valence-electron chi connectivity index (χ2n) is 4.75. The molecular weight excluding hydrogens is 319 g/mol. The summed E-state index contributed by atoms with van der Waals surface area (Å²) in [7, 11) is 0.350. The monoisotopic (exact) mass is 343 g/mol. The van der Waals surface area contributed by atoms with Crippen molar-refractivity contribution in [2.45, 2.75) is 26.2 Å². The van der Waals surface area contributed by atoms with Gasteiger partial charge >= 0.3 is 13.6 Å². The van der Waals surface area contributed by atoms with Gasteiger partial charge in [-0.1, -0.05) is 25.8 Å². The molecule has 1 unspecified atom stereocenters. The SMILES string of the molecule is CCCCCOCCO[P+](=O)C(=O)c1c(OC)cccc1OC. The van der Waals surface area contributed by atoms with Gasteiger partial charge in [-0.15, -0.1) is 4.52 Å². The summed E-state index contributed by atoms with van der Waals surface area (Å²) in [6.45, 7) is 3.17. The van der Waals surface area contributed by atoms with Crippen molar-refractivity contribution in [3.8, 4) is 11.5 Å². The van der Waals surface area contributed by atoms with Crippen LogP contribution in [-0.4, -0.2) is 39.6 Å². The summed E-state index contributed by atoms with van der Waals surface area (Å²) in [4.78, 5) is 12.3. The highest BCUT2D eigenvalue weighted by molar-refractivity contribution is 7.60. The van der Waals surface area contributed by atoms with Crippen LogP contribution in [0, 0.1) is 0 Å². The number of ether oxygens (including phenoxy) is 3. The number of unbranched alkanes of at least 4 members (excludes halogenated alkanes) is 2. The fourth-order valence-corrected chi connectivity index (χ4v) is 2.71. The second kappa shape index (κ2) is 11.1. The first kappa shape index (κ1) is 19.6. The Balaban J connectivity index is 2.53. The van der Waals surface area contributed by atoms with Crippen molar-refractivity contribution >= 4 is 13.6 Å². The van der Waals surface area contributed by atoms with Crippen LogP contribution in [0.4, 0.5) is 0 Å². The molecule has 7 heteroatoms. The molecule has 6 nitrogen and oxygen atoms in total. The number of methoxy groups -OCH3 is 2. The van der Waals surface area contributed by atoms with E-state index in [1.807, 2.05) is 0 Å². The molecule has 0 bridgehead atoms. The molecule has 0 aromatic heterocycles. The highest BCUT2D eigenvalue weighted by Crippen LogP contribution is 2.37. The van der Waals surface area contributed by atoms with Crippen LogP contribution in [0.15, 0.2) is 18.2 Å². The number of carbonyl (C=O) groups excluding carboxylic acids is 1. The standard InChI is InChI=1S/C16H24O6P/c1-4-5-6-10-21-11-12-22-23(18)16(17)15-13(19-2)8-7-9-14(15)20-3/h7-9H,4-6,10-12H2,1-3H3/q+1. The van der Waals surface area contributed by atoms with E-state index in [2.05, 4.69) is 6.92 Å². The first-order valence-electron chi connectivity index (χ1n) is 7.58. The van der Waals surface area contributed by atoms with Gasteiger partial charge in [0.1, 0.15) is 18.1 Å². The Morgan fingerprint density at radius 3 is 2.26 bits per heavy atom. The van der Waals surface area contributed by atoms with E-state index in [0.717, 1.165) is 19.3 Å². The van der Waals surface area contributed by atoms with Gasteiger partial charge in [-0.25, -0.2) is 4.79 Å². The molecule has 1 aromatic carbocycles. The van der Waals surface area contributed by atoms with E-state index >= 15 is 0 Å². The fraction of sp³-hybridized carbons (Fsp3) is 0.562. The third kappa shape index (κ3) is 6.26. The molecule has 0 amide bonds. The zero-order valence-corrected chi connectivity index (χ0v) is 14.8. The maximum atomic E-state index is 12.3. The van der Waals surface area contributed by atoms with E-state index in [0.29, 0.717) is 24.7 Å². The maximum absolute atomic E-state index is 12.3. The van der Waals surface area contributed by atoms with Gasteiger partial charge in [-0.05, 0) is 23.1 Å². The topological polar surface area (TPSA) is 71.1 Å². The summed E-state index contributed by atoms with van der Waals surface area (Å²) in [5, 5.41) is 0. The molecule has 1 rings (SSSR count). The van der Waals surface area contributed by atoms with Crippen molar-refractivity contribution in [3.63, 3.8) is 0 Å². The van der Waals surface area contributed by atoms with Crippen molar-refractivity contribution in [2.75, 3.05) is 34.0 Å². The molecule has 0 spiro atoms. The van der Waals surface area contributed by atoms with Crippen molar-refractivity contribution in [1.82, 2.24) is 0 Å². The molecule has 23 heavy (non-hydrogen) atoms. The first-order chi connectivity index (χ1) is 11.2. The second-order valence-corrected chi connectivity index (χ2v) is 5.93. The summed E-state index contributed by atoms with van der Waals surface area (Å²) in [5.74, 6) is 0.606. The zero-order valence-electron chi connectivity index (χ0n) is 13.9. The number of carbonyl (C=O) groups is 1. The Labute approximate surface area is 137 Å². The van der Waals surface area contributed by atoms with Crippen LogP contribution >= 0.6 is 8.03 Å². The molecule has 0 aliphatic rings. The number of rotatable bonds is 12. The van der Waals surface area contributed by atoms with Crippen molar-refractivity contribution in [3.05, 3.63) is 23.8 Å². The normalized spacial score (nSPS) is 11.2. The third-order valence-corrected chi connectivity index (χ3v) is 4.11. The molecule has 0 aliphatic heterocycles. The molecule has 128 valence electrons. The molecular formula is C16H24O6P+. The van der Waals surface area contributed by atoms with Crippen LogP contribution < -0.4 is 9.47 Å². The van der Waals surface area contributed by atoms with Crippen molar-refractivity contribution < 1.29 is 28.1 Å². The molecule has 0 radical (unpaired) electrons. The van der Waals surface area contributed by atoms with Crippen LogP contribution in [0.2, 0.25) is 0 Å². The molecule has 0 aliphatic carbocycles. The minimum Gasteiger partial charge on any atom is -0.496 e. The lowest BCUT2D eigenvalue weighted by molar-refractivity contribution is 0.0944. The molecule has 0 saturated carbocycles. The van der Waals surface area contributed by atoms with Gasteiger partial charge in [0.2, 0.25) is 0 Å². The quantitative estimate of drug-likeness (QED) is 0.424. The lowest BCUT2D eigenvalue weighted by Gasteiger charge is -2.07. The highest BCUT2D eigenvalue weighted by Gasteiger charge is 2.37. The van der Waals surface area contributed by atoms with Gasteiger partial charge in [0.25, 0.3) is 0 Å². The number of benzene rings is 1. The van der Waals surface area contributed by atoms with E-state index in [-0.39, 0.29) is 12.2 Å². The lowest BCUT2D eigenvalue weighted by Crippen LogP contribution is -2.06. The van der Waals surface area contributed by atoms with Gasteiger partial charge in [-0.3, -0.25) is 0 Å². The fourth-order valence-electron chi connectivity index (χ4n) is 1.95.